The minimum atomic E-state index is -0.528. The molecule has 0 spiro atoms. The van der Waals surface area contributed by atoms with Gasteiger partial charge in [0, 0.05) is 30.2 Å². The lowest BCUT2D eigenvalue weighted by molar-refractivity contribution is -0.140. The Kier molecular flexibility index (Phi) is 9.44. The maximum absolute atomic E-state index is 13.9. The first-order valence-electron chi connectivity index (χ1n) is 13.8. The molecule has 9 nitrogen and oxygen atoms in total. The molecule has 0 bridgehead atoms. The molecule has 0 saturated carbocycles. The topological polar surface area (TPSA) is 84.3 Å². The van der Waals surface area contributed by atoms with Crippen LogP contribution in [0.3, 0.4) is 0 Å². The molecule has 0 aliphatic carbocycles. The number of benzene rings is 2. The third-order valence-corrected chi connectivity index (χ3v) is 7.57. The summed E-state index contributed by atoms with van der Waals surface area (Å²) in [6.45, 7) is 9.62. The second-order valence-corrected chi connectivity index (χ2v) is 9.85. The summed E-state index contributed by atoms with van der Waals surface area (Å²) >= 11 is 5.71. The predicted octanol–water partition coefficient (Wildman–Crippen LogP) is 4.62. The number of carbonyl (C=O) groups is 3. The lowest BCUT2D eigenvalue weighted by atomic mass is 10.1. The van der Waals surface area contributed by atoms with E-state index in [1.54, 1.807) is 35.2 Å². The SMILES string of the molecule is CCOc1ccc(N2C(=O)/C(=C/c3cn(CC(=O)N(CC)CC)c4c(CC)cccc34)N(CC(=O)OC)C2=S)cc1. The number of aromatic nitrogens is 1. The molecule has 1 aliphatic heterocycles. The van der Waals surface area contributed by atoms with E-state index >= 15 is 0 Å². The molecule has 1 aliphatic rings. The molecule has 0 atom stereocenters. The molecule has 2 aromatic carbocycles. The number of esters is 1. The second-order valence-electron chi connectivity index (χ2n) is 9.49. The molecule has 2 amide bonds. The van der Waals surface area contributed by atoms with Crippen LogP contribution < -0.4 is 9.64 Å². The Bertz CT molecular complexity index is 1490. The molecule has 0 N–H and O–H groups in total. The van der Waals surface area contributed by atoms with Crippen LogP contribution in [0, 0.1) is 0 Å². The van der Waals surface area contributed by atoms with E-state index in [-0.39, 0.29) is 35.7 Å². The van der Waals surface area contributed by atoms with Crippen molar-refractivity contribution in [1.82, 2.24) is 14.4 Å². The van der Waals surface area contributed by atoms with Gasteiger partial charge in [0.25, 0.3) is 5.91 Å². The van der Waals surface area contributed by atoms with E-state index in [2.05, 4.69) is 6.92 Å². The normalized spacial score (nSPS) is 14.3. The van der Waals surface area contributed by atoms with Gasteiger partial charge in [-0.25, -0.2) is 0 Å². The zero-order valence-electron chi connectivity index (χ0n) is 24.2. The summed E-state index contributed by atoms with van der Waals surface area (Å²) in [5, 5.41) is 1.07. The Morgan fingerprint density at radius 2 is 1.71 bits per heavy atom. The summed E-state index contributed by atoms with van der Waals surface area (Å²) in [5.74, 6) is -0.200. The minimum Gasteiger partial charge on any atom is -0.494 e. The Hall–Kier alpha value is -4.18. The van der Waals surface area contributed by atoms with E-state index in [0.717, 1.165) is 28.5 Å². The highest BCUT2D eigenvalue weighted by molar-refractivity contribution is 7.80. The number of methoxy groups -OCH3 is 1. The van der Waals surface area contributed by atoms with E-state index in [9.17, 15) is 14.4 Å². The first kappa shape index (κ1) is 29.8. The van der Waals surface area contributed by atoms with E-state index < -0.39 is 5.97 Å². The summed E-state index contributed by atoms with van der Waals surface area (Å²) in [6, 6.07) is 13.1. The molecule has 1 fully saturated rings. The molecule has 41 heavy (non-hydrogen) atoms. The molecule has 216 valence electrons. The van der Waals surface area contributed by atoms with Gasteiger partial charge in [-0.15, -0.1) is 0 Å². The summed E-state index contributed by atoms with van der Waals surface area (Å²) in [5.41, 5.74) is 3.58. The fourth-order valence-corrected chi connectivity index (χ4v) is 5.42. The average Bonchev–Trinajstić information content (AvgIpc) is 3.43. The van der Waals surface area contributed by atoms with Gasteiger partial charge in [-0.1, -0.05) is 25.1 Å². The van der Waals surface area contributed by atoms with Crippen LogP contribution in [0.4, 0.5) is 5.69 Å². The quantitative estimate of drug-likeness (QED) is 0.187. The fraction of sp³-hybridized carbons (Fsp3) is 0.355. The maximum atomic E-state index is 13.9. The largest absolute Gasteiger partial charge is 0.494 e. The van der Waals surface area contributed by atoms with Gasteiger partial charge in [0.15, 0.2) is 5.11 Å². The average molecular weight is 577 g/mol. The van der Waals surface area contributed by atoms with Crippen LogP contribution in [0.25, 0.3) is 17.0 Å². The van der Waals surface area contributed by atoms with Gasteiger partial charge < -0.3 is 23.8 Å². The Morgan fingerprint density at radius 1 is 1.00 bits per heavy atom. The number of amides is 2. The van der Waals surface area contributed by atoms with Crippen LogP contribution in [0.2, 0.25) is 0 Å². The molecule has 4 rings (SSSR count). The first-order valence-corrected chi connectivity index (χ1v) is 14.2. The minimum absolute atomic E-state index is 0.0177. The van der Waals surface area contributed by atoms with Gasteiger partial charge >= 0.3 is 5.97 Å². The lowest BCUT2D eigenvalue weighted by Crippen LogP contribution is -2.35. The van der Waals surface area contributed by atoms with Crippen LogP contribution in [-0.4, -0.2) is 70.6 Å². The van der Waals surface area contributed by atoms with E-state index in [0.29, 0.717) is 31.1 Å². The number of hydrogen-bond acceptors (Lipinski definition) is 6. The van der Waals surface area contributed by atoms with Gasteiger partial charge in [-0.3, -0.25) is 19.3 Å². The highest BCUT2D eigenvalue weighted by atomic mass is 32.1. The number of nitrogens with zero attached hydrogens (tertiary/aromatic N) is 4. The highest BCUT2D eigenvalue weighted by Crippen LogP contribution is 2.33. The number of ether oxygens (including phenoxy) is 2. The summed E-state index contributed by atoms with van der Waals surface area (Å²) in [7, 11) is 1.30. The molecule has 0 unspecified atom stereocenters. The third kappa shape index (κ3) is 5.97. The zero-order chi connectivity index (χ0) is 29.7. The molecule has 1 saturated heterocycles. The zero-order valence-corrected chi connectivity index (χ0v) is 25.0. The van der Waals surface area contributed by atoms with Crippen molar-refractivity contribution < 1.29 is 23.9 Å². The van der Waals surface area contributed by atoms with Gasteiger partial charge in [0.1, 0.15) is 24.5 Å². The van der Waals surface area contributed by atoms with Crippen molar-refractivity contribution in [3.63, 3.8) is 0 Å². The number of fused-ring (bicyclic) bond motifs is 1. The number of thiocarbonyl (C=S) groups is 1. The Balaban J connectivity index is 1.82. The van der Waals surface area contributed by atoms with Gasteiger partial charge in [-0.2, -0.15) is 0 Å². The molecule has 2 heterocycles. The van der Waals surface area contributed by atoms with E-state index in [1.807, 2.05) is 49.7 Å². The number of para-hydroxylation sites is 1. The smallest absolute Gasteiger partial charge is 0.325 e. The van der Waals surface area contributed by atoms with Crippen LogP contribution >= 0.6 is 12.2 Å². The fourth-order valence-electron chi connectivity index (χ4n) is 5.07. The van der Waals surface area contributed by atoms with Crippen molar-refractivity contribution in [2.75, 3.05) is 38.3 Å². The summed E-state index contributed by atoms with van der Waals surface area (Å²) in [4.78, 5) is 44.1. The van der Waals surface area contributed by atoms with Crippen molar-refractivity contribution in [3.8, 4) is 5.75 Å². The van der Waals surface area contributed by atoms with Crippen LogP contribution in [0.15, 0.2) is 54.4 Å². The van der Waals surface area contributed by atoms with Crippen LogP contribution in [-0.2, 0) is 32.1 Å². The second kappa shape index (κ2) is 13.0. The van der Waals surface area contributed by atoms with Crippen LogP contribution in [0.5, 0.6) is 5.75 Å². The number of rotatable bonds is 11. The Labute approximate surface area is 245 Å². The number of likely N-dealkylation sites (N-methyl/N-ethyl adjacent to an activating group) is 1. The number of aryl methyl sites for hydroxylation is 1. The molecule has 10 heteroatoms. The van der Waals surface area contributed by atoms with Gasteiger partial charge in [0.2, 0.25) is 5.91 Å². The molecule has 0 radical (unpaired) electrons. The molecular formula is C31H36N4O5S. The number of carbonyl (C=O) groups excluding carboxylic acids is 3. The van der Waals surface area contributed by atoms with Crippen molar-refractivity contribution in [2.24, 2.45) is 0 Å². The van der Waals surface area contributed by atoms with E-state index in [1.165, 1.54) is 16.9 Å². The first-order chi connectivity index (χ1) is 19.8. The number of anilines is 1. The maximum Gasteiger partial charge on any atom is 0.325 e. The van der Waals surface area contributed by atoms with Crippen molar-refractivity contribution in [1.29, 1.82) is 0 Å². The van der Waals surface area contributed by atoms with Gasteiger partial charge in [0.05, 0.1) is 24.9 Å². The Morgan fingerprint density at radius 3 is 2.32 bits per heavy atom. The van der Waals surface area contributed by atoms with E-state index in [4.69, 9.17) is 21.7 Å². The highest BCUT2D eigenvalue weighted by Gasteiger charge is 2.40. The molecular weight excluding hydrogens is 540 g/mol. The standard InChI is InChI=1S/C31H36N4O5S/c1-6-21-11-10-12-25-22(18-33(29(21)25)19-27(36)32(7-2)8-3)17-26-30(38)35(31(41)34(26)20-28(37)39-5)23-13-15-24(16-14-23)40-9-4/h10-18H,6-9,19-20H2,1-5H3/b26-17-. The lowest BCUT2D eigenvalue weighted by Gasteiger charge is -2.19. The predicted molar refractivity (Wildman–Crippen MR) is 164 cm³/mol. The van der Waals surface area contributed by atoms with Gasteiger partial charge in [-0.05, 0) is 75.3 Å². The monoisotopic (exact) mass is 576 g/mol. The molecule has 1 aromatic heterocycles. The third-order valence-electron chi connectivity index (χ3n) is 7.16. The summed E-state index contributed by atoms with van der Waals surface area (Å²) < 4.78 is 12.4. The van der Waals surface area contributed by atoms with Crippen LogP contribution in [0.1, 0.15) is 38.8 Å². The molecule has 3 aromatic rings. The number of hydrogen-bond donors (Lipinski definition) is 0. The van der Waals surface area contributed by atoms with Crippen molar-refractivity contribution in [3.05, 3.63) is 65.5 Å². The summed E-state index contributed by atoms with van der Waals surface area (Å²) in [6.07, 6.45) is 4.41. The van der Waals surface area contributed by atoms with Crippen molar-refractivity contribution >= 4 is 57.8 Å². The van der Waals surface area contributed by atoms with Crippen molar-refractivity contribution in [2.45, 2.75) is 40.7 Å².